The standard InChI is InChI=1S/C12H11FN2O3/c1-15(2)10-5-7(3-4-8(10)13)11-14-9(6-18-11)12(16)17/h3-6H,1-2H3,(H,16,17). The first-order valence-electron chi connectivity index (χ1n) is 5.15. The van der Waals surface area contributed by atoms with Crippen molar-refractivity contribution in [3.05, 3.63) is 36.0 Å². The van der Waals surface area contributed by atoms with Gasteiger partial charge in [0.2, 0.25) is 5.89 Å². The summed E-state index contributed by atoms with van der Waals surface area (Å²) in [5.41, 5.74) is 0.718. The van der Waals surface area contributed by atoms with Crippen molar-refractivity contribution in [1.82, 2.24) is 4.98 Å². The van der Waals surface area contributed by atoms with Gasteiger partial charge in [0.25, 0.3) is 0 Å². The van der Waals surface area contributed by atoms with Crippen molar-refractivity contribution in [1.29, 1.82) is 0 Å². The van der Waals surface area contributed by atoms with Crippen LogP contribution in [0.3, 0.4) is 0 Å². The monoisotopic (exact) mass is 250 g/mol. The van der Waals surface area contributed by atoms with Gasteiger partial charge in [-0.2, -0.15) is 0 Å². The lowest BCUT2D eigenvalue weighted by Gasteiger charge is -2.13. The molecule has 1 aromatic carbocycles. The first kappa shape index (κ1) is 12.1. The van der Waals surface area contributed by atoms with Gasteiger partial charge >= 0.3 is 5.97 Å². The Hall–Kier alpha value is -2.37. The van der Waals surface area contributed by atoms with Crippen molar-refractivity contribution in [3.63, 3.8) is 0 Å². The van der Waals surface area contributed by atoms with Crippen molar-refractivity contribution in [3.8, 4) is 11.5 Å². The summed E-state index contributed by atoms with van der Waals surface area (Å²) in [6.07, 6.45) is 1.05. The van der Waals surface area contributed by atoms with Crippen molar-refractivity contribution in [2.75, 3.05) is 19.0 Å². The molecule has 6 heteroatoms. The number of carboxylic acids is 1. The van der Waals surface area contributed by atoms with Gasteiger partial charge in [-0.1, -0.05) is 0 Å². The van der Waals surface area contributed by atoms with E-state index in [1.807, 2.05) is 0 Å². The van der Waals surface area contributed by atoms with Crippen LogP contribution in [0.15, 0.2) is 28.9 Å². The minimum Gasteiger partial charge on any atom is -0.476 e. The van der Waals surface area contributed by atoms with Crippen LogP contribution in [0.4, 0.5) is 10.1 Å². The number of anilines is 1. The lowest BCUT2D eigenvalue weighted by molar-refractivity contribution is 0.0690. The number of hydrogen-bond donors (Lipinski definition) is 1. The molecule has 0 amide bonds. The summed E-state index contributed by atoms with van der Waals surface area (Å²) in [5, 5.41) is 8.74. The number of carboxylic acid groups (broad SMARTS) is 1. The quantitative estimate of drug-likeness (QED) is 0.904. The van der Waals surface area contributed by atoms with Crippen LogP contribution in [-0.4, -0.2) is 30.2 Å². The number of oxazole rings is 1. The lowest BCUT2D eigenvalue weighted by Crippen LogP contribution is -2.10. The Morgan fingerprint density at radius 3 is 2.72 bits per heavy atom. The third-order valence-electron chi connectivity index (χ3n) is 2.40. The fourth-order valence-electron chi connectivity index (χ4n) is 1.49. The van der Waals surface area contributed by atoms with Gasteiger partial charge in [-0.25, -0.2) is 14.2 Å². The van der Waals surface area contributed by atoms with Crippen LogP contribution < -0.4 is 4.90 Å². The SMILES string of the molecule is CN(C)c1cc(-c2nc(C(=O)O)co2)ccc1F. The third kappa shape index (κ3) is 2.17. The van der Waals surface area contributed by atoms with E-state index in [1.165, 1.54) is 12.1 Å². The van der Waals surface area contributed by atoms with Gasteiger partial charge in [0.05, 0.1) is 5.69 Å². The highest BCUT2D eigenvalue weighted by atomic mass is 19.1. The number of hydrogen-bond acceptors (Lipinski definition) is 4. The maximum Gasteiger partial charge on any atom is 0.357 e. The molecule has 0 aliphatic carbocycles. The second kappa shape index (κ2) is 4.48. The van der Waals surface area contributed by atoms with Crippen molar-refractivity contribution in [2.45, 2.75) is 0 Å². The topological polar surface area (TPSA) is 66.6 Å². The van der Waals surface area contributed by atoms with Crippen molar-refractivity contribution >= 4 is 11.7 Å². The van der Waals surface area contributed by atoms with E-state index in [2.05, 4.69) is 4.98 Å². The van der Waals surface area contributed by atoms with Gasteiger partial charge in [0, 0.05) is 19.7 Å². The summed E-state index contributed by atoms with van der Waals surface area (Å²) in [6, 6.07) is 4.32. The van der Waals surface area contributed by atoms with E-state index in [9.17, 15) is 9.18 Å². The number of rotatable bonds is 3. The molecule has 1 heterocycles. The van der Waals surface area contributed by atoms with E-state index in [1.54, 1.807) is 25.1 Å². The highest BCUT2D eigenvalue weighted by Gasteiger charge is 2.14. The Labute approximate surface area is 102 Å². The summed E-state index contributed by atoms with van der Waals surface area (Å²) < 4.78 is 18.5. The second-order valence-electron chi connectivity index (χ2n) is 3.90. The maximum absolute atomic E-state index is 13.5. The van der Waals surface area contributed by atoms with Gasteiger partial charge in [0.15, 0.2) is 5.69 Å². The average Bonchev–Trinajstić information content (AvgIpc) is 2.78. The largest absolute Gasteiger partial charge is 0.476 e. The molecule has 0 saturated heterocycles. The number of halogens is 1. The highest BCUT2D eigenvalue weighted by molar-refractivity contribution is 5.85. The van der Waals surface area contributed by atoms with Crippen LogP contribution >= 0.6 is 0 Å². The van der Waals surface area contributed by atoms with Gasteiger partial charge in [0.1, 0.15) is 12.1 Å². The van der Waals surface area contributed by atoms with Gasteiger partial charge in [-0.3, -0.25) is 0 Å². The Kier molecular flexibility index (Phi) is 3.01. The number of benzene rings is 1. The average molecular weight is 250 g/mol. The van der Waals surface area contributed by atoms with Crippen LogP contribution in [0.5, 0.6) is 0 Å². The summed E-state index contributed by atoms with van der Waals surface area (Å²) >= 11 is 0. The first-order chi connectivity index (χ1) is 8.49. The Balaban J connectivity index is 2.44. The summed E-state index contributed by atoms with van der Waals surface area (Å²) in [5.74, 6) is -1.38. The Morgan fingerprint density at radius 2 is 2.17 bits per heavy atom. The maximum atomic E-state index is 13.5. The molecular weight excluding hydrogens is 239 g/mol. The molecule has 0 aliphatic heterocycles. The molecule has 0 atom stereocenters. The van der Waals surface area contributed by atoms with Crippen LogP contribution in [0.1, 0.15) is 10.5 Å². The molecule has 0 unspecified atom stereocenters. The minimum atomic E-state index is -1.17. The number of carbonyl (C=O) groups is 1. The fourth-order valence-corrected chi connectivity index (χ4v) is 1.49. The van der Waals surface area contributed by atoms with Gasteiger partial charge in [-0.05, 0) is 18.2 Å². The van der Waals surface area contributed by atoms with E-state index in [0.29, 0.717) is 11.3 Å². The normalized spacial score (nSPS) is 10.4. The molecule has 0 bridgehead atoms. The van der Waals surface area contributed by atoms with Gasteiger partial charge < -0.3 is 14.4 Å². The molecule has 0 radical (unpaired) electrons. The molecule has 0 aliphatic rings. The predicted octanol–water partition coefficient (Wildman–Crippen LogP) is 2.24. The fraction of sp³-hybridized carbons (Fsp3) is 0.167. The lowest BCUT2D eigenvalue weighted by atomic mass is 10.2. The highest BCUT2D eigenvalue weighted by Crippen LogP contribution is 2.25. The van der Waals surface area contributed by atoms with E-state index < -0.39 is 5.97 Å². The molecule has 0 saturated carbocycles. The third-order valence-corrected chi connectivity index (χ3v) is 2.40. The number of nitrogens with zero attached hydrogens (tertiary/aromatic N) is 2. The zero-order valence-corrected chi connectivity index (χ0v) is 9.85. The zero-order chi connectivity index (χ0) is 13.3. The molecule has 5 nitrogen and oxygen atoms in total. The van der Waals surface area contributed by atoms with Crippen LogP contribution in [-0.2, 0) is 0 Å². The summed E-state index contributed by atoms with van der Waals surface area (Å²) in [6.45, 7) is 0. The summed E-state index contributed by atoms with van der Waals surface area (Å²) in [4.78, 5) is 16.1. The molecule has 1 N–H and O–H groups in total. The van der Waals surface area contributed by atoms with E-state index in [4.69, 9.17) is 9.52 Å². The summed E-state index contributed by atoms with van der Waals surface area (Å²) in [7, 11) is 3.42. The smallest absolute Gasteiger partial charge is 0.357 e. The molecule has 1 aromatic heterocycles. The van der Waals surface area contributed by atoms with Crippen LogP contribution in [0.25, 0.3) is 11.5 Å². The number of aromatic carboxylic acids is 1. The van der Waals surface area contributed by atoms with E-state index in [0.717, 1.165) is 6.26 Å². The van der Waals surface area contributed by atoms with Crippen molar-refractivity contribution < 1.29 is 18.7 Å². The van der Waals surface area contributed by atoms with E-state index in [-0.39, 0.29) is 17.4 Å². The molecule has 2 aromatic rings. The molecule has 0 fully saturated rings. The van der Waals surface area contributed by atoms with Crippen molar-refractivity contribution in [2.24, 2.45) is 0 Å². The first-order valence-corrected chi connectivity index (χ1v) is 5.15. The number of aromatic nitrogens is 1. The minimum absolute atomic E-state index is 0.149. The zero-order valence-electron chi connectivity index (χ0n) is 9.85. The molecule has 2 rings (SSSR count). The molecule has 18 heavy (non-hydrogen) atoms. The molecule has 0 spiro atoms. The Morgan fingerprint density at radius 1 is 1.44 bits per heavy atom. The predicted molar refractivity (Wildman–Crippen MR) is 63.2 cm³/mol. The Bertz CT molecular complexity index is 593. The molecule has 94 valence electrons. The van der Waals surface area contributed by atoms with Crippen LogP contribution in [0, 0.1) is 5.82 Å². The second-order valence-corrected chi connectivity index (χ2v) is 3.90. The van der Waals surface area contributed by atoms with Gasteiger partial charge in [-0.15, -0.1) is 0 Å². The van der Waals surface area contributed by atoms with Crippen LogP contribution in [0.2, 0.25) is 0 Å². The van der Waals surface area contributed by atoms with E-state index >= 15 is 0 Å². The molecular formula is C12H11FN2O3.